The molecule has 106 valence electrons. The Bertz CT molecular complexity index is 376. The number of nitriles is 1. The van der Waals surface area contributed by atoms with Crippen LogP contribution in [0.15, 0.2) is 0 Å². The molecule has 0 heterocycles. The maximum atomic E-state index is 11.5. The molecule has 19 heavy (non-hydrogen) atoms. The number of nitrogens with one attached hydrogen (secondary N) is 1. The summed E-state index contributed by atoms with van der Waals surface area (Å²) in [5.74, 6) is -2.05. The van der Waals surface area contributed by atoms with Crippen molar-refractivity contribution >= 4 is 17.8 Å². The highest BCUT2D eigenvalue weighted by molar-refractivity contribution is 5.87. The van der Waals surface area contributed by atoms with Crippen molar-refractivity contribution in [3.63, 3.8) is 0 Å². The molecule has 0 saturated heterocycles. The third kappa shape index (κ3) is 7.76. The van der Waals surface area contributed by atoms with Crippen molar-refractivity contribution in [1.82, 2.24) is 5.32 Å². The van der Waals surface area contributed by atoms with Crippen LogP contribution in [0.4, 0.5) is 0 Å². The number of carbonyl (C=O) groups excluding carboxylic acids is 3. The van der Waals surface area contributed by atoms with E-state index in [2.05, 4.69) is 10.1 Å². The molecule has 0 aliphatic heterocycles. The Labute approximate surface area is 112 Å². The fourth-order valence-electron chi connectivity index (χ4n) is 1.37. The number of hydrogen-bond acceptors (Lipinski definition) is 5. The largest absolute Gasteiger partial charge is 0.466 e. The molecule has 0 bridgehead atoms. The molecule has 0 aromatic heterocycles. The van der Waals surface area contributed by atoms with Crippen LogP contribution in [-0.4, -0.2) is 30.4 Å². The standard InChI is InChI=1S/C12H19N3O4/c1-3-19-11(17)5-4-10(16)15-9(12(14)18)6-8(2)7-13/h8-9H,3-6H2,1-2H3,(H2,14,18)(H,15,16)/t8-,9+/m1/s1. The highest BCUT2D eigenvalue weighted by Crippen LogP contribution is 2.05. The Morgan fingerprint density at radius 2 is 2.00 bits per heavy atom. The van der Waals surface area contributed by atoms with Gasteiger partial charge in [-0.05, 0) is 20.3 Å². The van der Waals surface area contributed by atoms with Crippen LogP contribution in [0.1, 0.15) is 33.1 Å². The number of amides is 2. The van der Waals surface area contributed by atoms with Gasteiger partial charge in [0.2, 0.25) is 11.8 Å². The van der Waals surface area contributed by atoms with Crippen molar-refractivity contribution in [3.05, 3.63) is 0 Å². The van der Waals surface area contributed by atoms with Crippen molar-refractivity contribution in [2.45, 2.75) is 39.2 Å². The summed E-state index contributed by atoms with van der Waals surface area (Å²) in [7, 11) is 0. The van der Waals surface area contributed by atoms with Gasteiger partial charge in [-0.2, -0.15) is 5.26 Å². The first-order valence-corrected chi connectivity index (χ1v) is 6.04. The van der Waals surface area contributed by atoms with Crippen LogP contribution in [0.3, 0.4) is 0 Å². The molecule has 0 rings (SSSR count). The van der Waals surface area contributed by atoms with Crippen LogP contribution in [0.2, 0.25) is 0 Å². The third-order valence-electron chi connectivity index (χ3n) is 2.35. The molecule has 2 atom stereocenters. The fraction of sp³-hybridized carbons (Fsp3) is 0.667. The second kappa shape index (κ2) is 8.91. The van der Waals surface area contributed by atoms with E-state index in [9.17, 15) is 14.4 Å². The number of hydrogen-bond donors (Lipinski definition) is 2. The Hall–Kier alpha value is -2.10. The minimum atomic E-state index is -0.899. The molecule has 0 saturated carbocycles. The van der Waals surface area contributed by atoms with E-state index in [-0.39, 0.29) is 25.9 Å². The lowest BCUT2D eigenvalue weighted by Gasteiger charge is -2.16. The van der Waals surface area contributed by atoms with Gasteiger partial charge in [0.05, 0.1) is 19.1 Å². The van der Waals surface area contributed by atoms with Gasteiger partial charge in [0.1, 0.15) is 6.04 Å². The molecule has 0 spiro atoms. The van der Waals surface area contributed by atoms with E-state index >= 15 is 0 Å². The van der Waals surface area contributed by atoms with E-state index < -0.39 is 29.7 Å². The zero-order chi connectivity index (χ0) is 14.8. The van der Waals surface area contributed by atoms with Crippen LogP contribution in [-0.2, 0) is 19.1 Å². The summed E-state index contributed by atoms with van der Waals surface area (Å²) in [6, 6.07) is 1.06. The van der Waals surface area contributed by atoms with Crippen molar-refractivity contribution in [3.8, 4) is 6.07 Å². The number of ether oxygens (including phenoxy) is 1. The van der Waals surface area contributed by atoms with E-state index in [0.29, 0.717) is 0 Å². The molecule has 0 aliphatic rings. The molecule has 0 radical (unpaired) electrons. The average Bonchev–Trinajstić information content (AvgIpc) is 2.35. The topological polar surface area (TPSA) is 122 Å². The highest BCUT2D eigenvalue weighted by atomic mass is 16.5. The molecule has 0 aromatic carbocycles. The van der Waals surface area contributed by atoms with Crippen molar-refractivity contribution in [1.29, 1.82) is 5.26 Å². The van der Waals surface area contributed by atoms with Gasteiger partial charge in [-0.15, -0.1) is 0 Å². The number of nitrogens with two attached hydrogens (primary N) is 1. The summed E-state index contributed by atoms with van der Waals surface area (Å²) in [6.07, 6.45) is 0.0134. The Balaban J connectivity index is 4.22. The third-order valence-corrected chi connectivity index (χ3v) is 2.35. The second-order valence-electron chi connectivity index (χ2n) is 4.09. The molecule has 0 unspecified atom stereocenters. The van der Waals surface area contributed by atoms with Gasteiger partial charge < -0.3 is 15.8 Å². The molecule has 0 fully saturated rings. The average molecular weight is 269 g/mol. The van der Waals surface area contributed by atoms with Crippen molar-refractivity contribution in [2.75, 3.05) is 6.61 Å². The van der Waals surface area contributed by atoms with Gasteiger partial charge >= 0.3 is 5.97 Å². The van der Waals surface area contributed by atoms with Gasteiger partial charge in [-0.25, -0.2) is 0 Å². The smallest absolute Gasteiger partial charge is 0.306 e. The number of carbonyl (C=O) groups is 3. The molecular formula is C12H19N3O4. The minimum absolute atomic E-state index is 0.0566. The predicted octanol–water partition coefficient (Wildman–Crippen LogP) is -0.150. The van der Waals surface area contributed by atoms with E-state index in [1.165, 1.54) is 0 Å². The van der Waals surface area contributed by atoms with Gasteiger partial charge in [0.15, 0.2) is 0 Å². The van der Waals surface area contributed by atoms with Crippen LogP contribution in [0.25, 0.3) is 0 Å². The molecule has 7 nitrogen and oxygen atoms in total. The number of esters is 1. The lowest BCUT2D eigenvalue weighted by Crippen LogP contribution is -2.45. The Morgan fingerprint density at radius 3 is 2.47 bits per heavy atom. The van der Waals surface area contributed by atoms with Crippen molar-refractivity contribution < 1.29 is 19.1 Å². The highest BCUT2D eigenvalue weighted by Gasteiger charge is 2.21. The van der Waals surface area contributed by atoms with Crippen LogP contribution < -0.4 is 11.1 Å². The minimum Gasteiger partial charge on any atom is -0.466 e. The molecule has 3 N–H and O–H groups in total. The van der Waals surface area contributed by atoms with Crippen LogP contribution >= 0.6 is 0 Å². The van der Waals surface area contributed by atoms with Gasteiger partial charge in [0, 0.05) is 12.3 Å². The van der Waals surface area contributed by atoms with Gasteiger partial charge in [0.25, 0.3) is 0 Å². The maximum Gasteiger partial charge on any atom is 0.306 e. The summed E-state index contributed by atoms with van der Waals surface area (Å²) in [5, 5.41) is 11.1. The predicted molar refractivity (Wildman–Crippen MR) is 66.4 cm³/mol. The molecule has 7 heteroatoms. The summed E-state index contributed by atoms with van der Waals surface area (Å²) in [5.41, 5.74) is 5.14. The van der Waals surface area contributed by atoms with Gasteiger partial charge in [-0.1, -0.05) is 0 Å². The lowest BCUT2D eigenvalue weighted by molar-refractivity contribution is -0.144. The summed E-state index contributed by atoms with van der Waals surface area (Å²) < 4.78 is 4.67. The number of nitrogens with zero attached hydrogens (tertiary/aromatic N) is 1. The van der Waals surface area contributed by atoms with Crippen molar-refractivity contribution in [2.24, 2.45) is 11.7 Å². The van der Waals surface area contributed by atoms with E-state index in [0.717, 1.165) is 0 Å². The monoisotopic (exact) mass is 269 g/mol. The summed E-state index contributed by atoms with van der Waals surface area (Å²) in [4.78, 5) is 33.7. The van der Waals surface area contributed by atoms with Crippen LogP contribution in [0, 0.1) is 17.2 Å². The maximum absolute atomic E-state index is 11.5. The Kier molecular flexibility index (Phi) is 7.93. The zero-order valence-corrected chi connectivity index (χ0v) is 11.1. The first kappa shape index (κ1) is 16.9. The van der Waals surface area contributed by atoms with E-state index in [4.69, 9.17) is 11.0 Å². The second-order valence-corrected chi connectivity index (χ2v) is 4.09. The normalized spacial score (nSPS) is 12.9. The lowest BCUT2D eigenvalue weighted by atomic mass is 10.0. The zero-order valence-electron chi connectivity index (χ0n) is 11.1. The van der Waals surface area contributed by atoms with Gasteiger partial charge in [-0.3, -0.25) is 14.4 Å². The first-order valence-electron chi connectivity index (χ1n) is 6.04. The van der Waals surface area contributed by atoms with Crippen LogP contribution in [0.5, 0.6) is 0 Å². The van der Waals surface area contributed by atoms with E-state index in [1.807, 2.05) is 6.07 Å². The number of rotatable bonds is 8. The van der Waals surface area contributed by atoms with E-state index in [1.54, 1.807) is 13.8 Å². The fourth-order valence-corrected chi connectivity index (χ4v) is 1.37. The Morgan fingerprint density at radius 1 is 1.37 bits per heavy atom. The number of primary amides is 1. The summed E-state index contributed by atoms with van der Waals surface area (Å²) in [6.45, 7) is 3.55. The summed E-state index contributed by atoms with van der Waals surface area (Å²) >= 11 is 0. The molecule has 0 aliphatic carbocycles. The quantitative estimate of drug-likeness (QED) is 0.593. The molecular weight excluding hydrogens is 250 g/mol. The molecule has 0 aromatic rings. The first-order chi connectivity index (χ1) is 8.90. The molecule has 2 amide bonds. The SMILES string of the molecule is CCOC(=O)CCC(=O)N[C@@H](C[C@@H](C)C#N)C(N)=O.